The number of hydrogen-bond donors (Lipinski definition) is 0. The second-order valence-corrected chi connectivity index (χ2v) is 11.0. The third kappa shape index (κ3) is 6.00. The van der Waals surface area contributed by atoms with E-state index in [1.807, 2.05) is 12.1 Å². The summed E-state index contributed by atoms with van der Waals surface area (Å²) in [7, 11) is 1.72. The van der Waals surface area contributed by atoms with Gasteiger partial charge in [-0.15, -0.1) is 0 Å². The molecule has 216 valence electrons. The number of benzene rings is 7. The molecule has 0 spiro atoms. The van der Waals surface area contributed by atoms with Crippen molar-refractivity contribution in [2.45, 2.75) is 0 Å². The van der Waals surface area contributed by atoms with Gasteiger partial charge in [-0.1, -0.05) is 140 Å². The number of hydrogen-bond acceptors (Lipinski definition) is 2. The number of ether oxygens (including phenoxy) is 1. The molecule has 0 aromatic heterocycles. The second-order valence-electron chi connectivity index (χ2n) is 11.0. The van der Waals surface area contributed by atoms with Crippen molar-refractivity contribution < 1.29 is 4.74 Å². The Morgan fingerprint density at radius 1 is 0.400 bits per heavy atom. The summed E-state index contributed by atoms with van der Waals surface area (Å²) in [6, 6.07) is 59.9. The summed E-state index contributed by atoms with van der Waals surface area (Å²) in [6.45, 7) is 0. The van der Waals surface area contributed by atoms with Crippen molar-refractivity contribution in [2.24, 2.45) is 0 Å². The first-order chi connectivity index (χ1) is 22.3. The van der Waals surface area contributed by atoms with Crippen LogP contribution in [0.25, 0.3) is 45.2 Å². The minimum Gasteiger partial charge on any atom is -0.496 e. The monoisotopic (exact) mass is 579 g/mol. The summed E-state index contributed by atoms with van der Waals surface area (Å²) in [6.07, 6.45) is 4.35. The molecular weight excluding hydrogens is 546 g/mol. The lowest BCUT2D eigenvalue weighted by Crippen LogP contribution is -2.09. The highest BCUT2D eigenvalue weighted by Crippen LogP contribution is 2.37. The SMILES string of the molecule is COc1ccc(C=Cc2ccc(N(c3ccc(-c4ccccc4)cc3)c3ccc(-c4ccccc4)cc3)cc2)c2ccccc12. The molecule has 7 aromatic carbocycles. The molecule has 0 atom stereocenters. The van der Waals surface area contributed by atoms with Gasteiger partial charge in [-0.05, 0) is 81.2 Å². The quantitative estimate of drug-likeness (QED) is 0.166. The van der Waals surface area contributed by atoms with Crippen LogP contribution in [0.4, 0.5) is 17.1 Å². The number of nitrogens with zero attached hydrogens (tertiary/aromatic N) is 1. The molecule has 0 unspecified atom stereocenters. The van der Waals surface area contributed by atoms with Crippen LogP contribution >= 0.6 is 0 Å². The average Bonchev–Trinajstić information content (AvgIpc) is 3.12. The van der Waals surface area contributed by atoms with Gasteiger partial charge in [0.1, 0.15) is 5.75 Å². The van der Waals surface area contributed by atoms with E-state index >= 15 is 0 Å². The summed E-state index contributed by atoms with van der Waals surface area (Å²) in [5, 5.41) is 2.29. The standard InChI is InChI=1S/C43H33NO/c1-45-43-31-24-37(41-14-8-9-15-42(41)43)19-16-32-17-25-38(26-18-32)44(39-27-20-35(21-28-39)33-10-4-2-5-11-33)40-29-22-36(23-30-40)34-12-6-3-7-13-34/h2-31H,1H3. The van der Waals surface area contributed by atoms with E-state index in [0.29, 0.717) is 0 Å². The summed E-state index contributed by atoms with van der Waals surface area (Å²) >= 11 is 0. The Morgan fingerprint density at radius 2 is 0.844 bits per heavy atom. The van der Waals surface area contributed by atoms with E-state index < -0.39 is 0 Å². The summed E-state index contributed by atoms with van der Waals surface area (Å²) in [5.74, 6) is 0.890. The van der Waals surface area contributed by atoms with Crippen molar-refractivity contribution >= 4 is 40.0 Å². The van der Waals surface area contributed by atoms with Crippen molar-refractivity contribution in [1.29, 1.82) is 0 Å². The van der Waals surface area contributed by atoms with E-state index in [1.165, 1.54) is 27.6 Å². The van der Waals surface area contributed by atoms with Gasteiger partial charge in [0.25, 0.3) is 0 Å². The zero-order chi connectivity index (χ0) is 30.4. The lowest BCUT2D eigenvalue weighted by atomic mass is 10.0. The zero-order valence-electron chi connectivity index (χ0n) is 25.2. The van der Waals surface area contributed by atoms with Gasteiger partial charge >= 0.3 is 0 Å². The molecule has 0 saturated carbocycles. The van der Waals surface area contributed by atoms with Crippen LogP contribution in [0, 0.1) is 0 Å². The minimum absolute atomic E-state index is 0.890. The molecule has 0 heterocycles. The topological polar surface area (TPSA) is 12.5 Å². The lowest BCUT2D eigenvalue weighted by Gasteiger charge is -2.26. The molecule has 0 radical (unpaired) electrons. The fourth-order valence-electron chi connectivity index (χ4n) is 5.85. The van der Waals surface area contributed by atoms with Crippen LogP contribution < -0.4 is 9.64 Å². The highest BCUT2D eigenvalue weighted by molar-refractivity contribution is 5.96. The number of methoxy groups -OCH3 is 1. The fraction of sp³-hybridized carbons (Fsp3) is 0.0233. The van der Waals surface area contributed by atoms with Crippen LogP contribution in [0.5, 0.6) is 5.75 Å². The summed E-state index contributed by atoms with van der Waals surface area (Å²) < 4.78 is 5.58. The predicted molar refractivity (Wildman–Crippen MR) is 191 cm³/mol. The first-order valence-corrected chi connectivity index (χ1v) is 15.2. The smallest absolute Gasteiger partial charge is 0.126 e. The Balaban J connectivity index is 1.22. The number of fused-ring (bicyclic) bond motifs is 1. The normalized spacial score (nSPS) is 11.1. The highest BCUT2D eigenvalue weighted by Gasteiger charge is 2.13. The van der Waals surface area contributed by atoms with E-state index in [-0.39, 0.29) is 0 Å². The van der Waals surface area contributed by atoms with Gasteiger partial charge in [-0.2, -0.15) is 0 Å². The Hall–Kier alpha value is -5.86. The van der Waals surface area contributed by atoms with Crippen LogP contribution in [0.3, 0.4) is 0 Å². The predicted octanol–water partition coefficient (Wildman–Crippen LogP) is 11.8. The zero-order valence-corrected chi connectivity index (χ0v) is 25.2. The van der Waals surface area contributed by atoms with E-state index in [2.05, 4.69) is 175 Å². The highest BCUT2D eigenvalue weighted by atomic mass is 16.5. The average molecular weight is 580 g/mol. The molecule has 0 bridgehead atoms. The molecular formula is C43H33NO. The lowest BCUT2D eigenvalue weighted by molar-refractivity contribution is 0.420. The maximum Gasteiger partial charge on any atom is 0.126 e. The third-order valence-corrected chi connectivity index (χ3v) is 8.21. The van der Waals surface area contributed by atoms with Crippen molar-refractivity contribution in [3.05, 3.63) is 181 Å². The molecule has 7 aromatic rings. The van der Waals surface area contributed by atoms with E-state index in [1.54, 1.807) is 7.11 Å². The molecule has 2 heteroatoms. The van der Waals surface area contributed by atoms with Crippen molar-refractivity contribution in [3.8, 4) is 28.0 Å². The molecule has 7 rings (SSSR count). The van der Waals surface area contributed by atoms with Crippen molar-refractivity contribution in [2.75, 3.05) is 12.0 Å². The van der Waals surface area contributed by atoms with Gasteiger partial charge in [-0.3, -0.25) is 0 Å². The largest absolute Gasteiger partial charge is 0.496 e. The molecule has 0 aliphatic rings. The van der Waals surface area contributed by atoms with Crippen LogP contribution in [0.1, 0.15) is 11.1 Å². The first-order valence-electron chi connectivity index (χ1n) is 15.2. The number of rotatable bonds is 8. The van der Waals surface area contributed by atoms with Gasteiger partial charge in [0.2, 0.25) is 0 Å². The Kier molecular flexibility index (Phi) is 7.94. The summed E-state index contributed by atoms with van der Waals surface area (Å²) in [4.78, 5) is 2.31. The van der Waals surface area contributed by atoms with E-state index in [0.717, 1.165) is 39.3 Å². The van der Waals surface area contributed by atoms with Gasteiger partial charge < -0.3 is 9.64 Å². The molecule has 0 aliphatic heterocycles. The molecule has 45 heavy (non-hydrogen) atoms. The van der Waals surface area contributed by atoms with Crippen LogP contribution in [0.15, 0.2) is 170 Å². The Bertz CT molecular complexity index is 1960. The fourth-order valence-corrected chi connectivity index (χ4v) is 5.85. The summed E-state index contributed by atoms with van der Waals surface area (Å²) in [5.41, 5.74) is 10.4. The third-order valence-electron chi connectivity index (χ3n) is 8.21. The van der Waals surface area contributed by atoms with Crippen molar-refractivity contribution in [3.63, 3.8) is 0 Å². The van der Waals surface area contributed by atoms with Gasteiger partial charge in [0, 0.05) is 22.4 Å². The van der Waals surface area contributed by atoms with Crippen LogP contribution in [-0.4, -0.2) is 7.11 Å². The van der Waals surface area contributed by atoms with E-state index in [9.17, 15) is 0 Å². The van der Waals surface area contributed by atoms with Crippen LogP contribution in [0.2, 0.25) is 0 Å². The molecule has 0 saturated heterocycles. The Morgan fingerprint density at radius 3 is 1.36 bits per heavy atom. The maximum atomic E-state index is 5.58. The minimum atomic E-state index is 0.890. The molecule has 0 amide bonds. The van der Waals surface area contributed by atoms with Crippen molar-refractivity contribution in [1.82, 2.24) is 0 Å². The van der Waals surface area contributed by atoms with Crippen LogP contribution in [-0.2, 0) is 0 Å². The molecule has 0 aliphatic carbocycles. The van der Waals surface area contributed by atoms with Gasteiger partial charge in [-0.25, -0.2) is 0 Å². The van der Waals surface area contributed by atoms with E-state index in [4.69, 9.17) is 4.74 Å². The Labute approximate surface area is 265 Å². The molecule has 0 fully saturated rings. The molecule has 0 N–H and O–H groups in total. The van der Waals surface area contributed by atoms with Gasteiger partial charge in [0.15, 0.2) is 0 Å². The molecule has 2 nitrogen and oxygen atoms in total. The second kappa shape index (κ2) is 12.8. The first kappa shape index (κ1) is 27.9. The number of anilines is 3. The maximum absolute atomic E-state index is 5.58. The van der Waals surface area contributed by atoms with Gasteiger partial charge in [0.05, 0.1) is 7.11 Å².